The molecule has 2 rings (SSSR count). The van der Waals surface area contributed by atoms with E-state index >= 15 is 0 Å². The quantitative estimate of drug-likeness (QED) is 0.715. The number of carbonyl (C=O) groups is 1. The fraction of sp³-hybridized carbons (Fsp3) is 0.500. The summed E-state index contributed by atoms with van der Waals surface area (Å²) in [5, 5.41) is 0. The Morgan fingerprint density at radius 2 is 2.19 bits per heavy atom. The van der Waals surface area contributed by atoms with Crippen molar-refractivity contribution in [1.29, 1.82) is 0 Å². The lowest BCUT2D eigenvalue weighted by atomic mass is 10.3. The molecule has 1 saturated carbocycles. The summed E-state index contributed by atoms with van der Waals surface area (Å²) in [5.41, 5.74) is 0.367. The van der Waals surface area contributed by atoms with Crippen LogP contribution in [0.2, 0.25) is 0 Å². The first kappa shape index (κ1) is 10.9. The van der Waals surface area contributed by atoms with E-state index in [9.17, 15) is 4.79 Å². The van der Waals surface area contributed by atoms with E-state index in [0.717, 1.165) is 12.8 Å². The van der Waals surface area contributed by atoms with Crippen molar-refractivity contribution >= 4 is 6.29 Å². The van der Waals surface area contributed by atoms with Crippen molar-refractivity contribution in [2.75, 3.05) is 0 Å². The predicted octanol–water partition coefficient (Wildman–Crippen LogP) is 2.22. The van der Waals surface area contributed by atoms with E-state index < -0.39 is 0 Å². The molecule has 1 aromatic heterocycles. The van der Waals surface area contributed by atoms with E-state index in [1.165, 1.54) is 0 Å². The van der Waals surface area contributed by atoms with Crippen molar-refractivity contribution in [1.82, 2.24) is 4.98 Å². The van der Waals surface area contributed by atoms with E-state index in [1.54, 1.807) is 12.3 Å². The standard InChI is InChI=1S/C12H15NO3/c1-8(2)15-12-6-13-9(7-14)5-11(12)16-10-3-4-10/h5-8,10H,3-4H2,1-2H3. The molecular weight excluding hydrogens is 206 g/mol. The molecule has 1 aliphatic rings. The Bertz CT molecular complexity index is 386. The van der Waals surface area contributed by atoms with Gasteiger partial charge in [-0.1, -0.05) is 0 Å². The maximum atomic E-state index is 10.6. The minimum atomic E-state index is 0.0606. The molecule has 0 aromatic carbocycles. The molecule has 1 aromatic rings. The van der Waals surface area contributed by atoms with Crippen LogP contribution in [0.25, 0.3) is 0 Å². The summed E-state index contributed by atoms with van der Waals surface area (Å²) in [6, 6.07) is 1.63. The van der Waals surface area contributed by atoms with Gasteiger partial charge < -0.3 is 9.47 Å². The van der Waals surface area contributed by atoms with Crippen molar-refractivity contribution < 1.29 is 14.3 Å². The highest BCUT2D eigenvalue weighted by atomic mass is 16.5. The summed E-state index contributed by atoms with van der Waals surface area (Å²) in [5.74, 6) is 1.22. The number of aromatic nitrogens is 1. The van der Waals surface area contributed by atoms with Crippen molar-refractivity contribution in [3.8, 4) is 11.5 Å². The van der Waals surface area contributed by atoms with Gasteiger partial charge in [0.1, 0.15) is 5.69 Å². The Hall–Kier alpha value is -1.58. The van der Waals surface area contributed by atoms with Crippen LogP contribution in [0.4, 0.5) is 0 Å². The zero-order chi connectivity index (χ0) is 11.5. The summed E-state index contributed by atoms with van der Waals surface area (Å²) in [6.45, 7) is 3.88. The Labute approximate surface area is 94.6 Å². The molecule has 0 radical (unpaired) electrons. The fourth-order valence-electron chi connectivity index (χ4n) is 1.30. The van der Waals surface area contributed by atoms with Crippen LogP contribution in [0, 0.1) is 0 Å². The van der Waals surface area contributed by atoms with E-state index in [0.29, 0.717) is 23.5 Å². The van der Waals surface area contributed by atoms with Gasteiger partial charge in [-0.05, 0) is 26.7 Å². The lowest BCUT2D eigenvalue weighted by Crippen LogP contribution is -2.09. The van der Waals surface area contributed by atoms with Crippen LogP contribution < -0.4 is 9.47 Å². The summed E-state index contributed by atoms with van der Waals surface area (Å²) in [6.07, 6.45) is 4.72. The van der Waals surface area contributed by atoms with E-state index in [4.69, 9.17) is 9.47 Å². The smallest absolute Gasteiger partial charge is 0.179 e. The number of ether oxygens (including phenoxy) is 2. The van der Waals surface area contributed by atoms with Crippen LogP contribution in [-0.2, 0) is 0 Å². The maximum absolute atomic E-state index is 10.6. The van der Waals surface area contributed by atoms with Gasteiger partial charge in [0.25, 0.3) is 0 Å². The van der Waals surface area contributed by atoms with Gasteiger partial charge >= 0.3 is 0 Å². The van der Waals surface area contributed by atoms with Gasteiger partial charge in [-0.25, -0.2) is 4.98 Å². The highest BCUT2D eigenvalue weighted by Crippen LogP contribution is 2.33. The first-order valence-corrected chi connectivity index (χ1v) is 5.47. The second-order valence-electron chi connectivity index (χ2n) is 4.16. The van der Waals surface area contributed by atoms with Crippen LogP contribution in [-0.4, -0.2) is 23.5 Å². The van der Waals surface area contributed by atoms with Gasteiger partial charge in [-0.2, -0.15) is 0 Å². The van der Waals surface area contributed by atoms with Crippen molar-refractivity contribution in [3.63, 3.8) is 0 Å². The lowest BCUT2D eigenvalue weighted by molar-refractivity contribution is 0.111. The highest BCUT2D eigenvalue weighted by Gasteiger charge is 2.25. The monoisotopic (exact) mass is 221 g/mol. The number of rotatable bonds is 5. The third-order valence-electron chi connectivity index (χ3n) is 2.15. The topological polar surface area (TPSA) is 48.4 Å². The van der Waals surface area contributed by atoms with Gasteiger partial charge in [0.15, 0.2) is 17.8 Å². The molecule has 1 heterocycles. The third-order valence-corrected chi connectivity index (χ3v) is 2.15. The Morgan fingerprint density at radius 1 is 1.44 bits per heavy atom. The van der Waals surface area contributed by atoms with E-state index in [2.05, 4.69) is 4.98 Å². The van der Waals surface area contributed by atoms with Crippen LogP contribution >= 0.6 is 0 Å². The first-order valence-electron chi connectivity index (χ1n) is 5.47. The van der Waals surface area contributed by atoms with Crippen LogP contribution in [0.5, 0.6) is 11.5 Å². The Kier molecular flexibility index (Phi) is 3.08. The predicted molar refractivity (Wildman–Crippen MR) is 59.0 cm³/mol. The number of nitrogens with zero attached hydrogens (tertiary/aromatic N) is 1. The molecule has 0 bridgehead atoms. The van der Waals surface area contributed by atoms with Crippen molar-refractivity contribution in [2.24, 2.45) is 0 Å². The largest absolute Gasteiger partial charge is 0.486 e. The summed E-state index contributed by atoms with van der Waals surface area (Å²) < 4.78 is 11.2. The molecule has 0 saturated heterocycles. The number of pyridine rings is 1. The Balaban J connectivity index is 2.22. The summed E-state index contributed by atoms with van der Waals surface area (Å²) in [7, 11) is 0. The molecule has 4 heteroatoms. The van der Waals surface area contributed by atoms with Crippen molar-refractivity contribution in [3.05, 3.63) is 18.0 Å². The van der Waals surface area contributed by atoms with Crippen LogP contribution in [0.15, 0.2) is 12.3 Å². The Morgan fingerprint density at radius 3 is 2.75 bits per heavy atom. The van der Waals surface area contributed by atoms with Gasteiger partial charge in [-0.15, -0.1) is 0 Å². The second-order valence-corrected chi connectivity index (χ2v) is 4.16. The van der Waals surface area contributed by atoms with Gasteiger partial charge in [0.05, 0.1) is 18.4 Å². The van der Waals surface area contributed by atoms with E-state index in [1.807, 2.05) is 13.8 Å². The number of carbonyl (C=O) groups excluding carboxylic acids is 1. The number of aldehydes is 1. The zero-order valence-corrected chi connectivity index (χ0v) is 9.47. The molecule has 0 N–H and O–H groups in total. The molecule has 1 aliphatic carbocycles. The highest BCUT2D eigenvalue weighted by molar-refractivity contribution is 5.73. The number of hydrogen-bond donors (Lipinski definition) is 0. The molecule has 0 unspecified atom stereocenters. The molecule has 86 valence electrons. The third kappa shape index (κ3) is 2.72. The van der Waals surface area contributed by atoms with E-state index in [-0.39, 0.29) is 12.2 Å². The average Bonchev–Trinajstić information content (AvgIpc) is 3.04. The van der Waals surface area contributed by atoms with Crippen LogP contribution in [0.1, 0.15) is 37.2 Å². The van der Waals surface area contributed by atoms with Crippen LogP contribution in [0.3, 0.4) is 0 Å². The van der Waals surface area contributed by atoms with Gasteiger partial charge in [0, 0.05) is 6.07 Å². The molecule has 1 fully saturated rings. The SMILES string of the molecule is CC(C)Oc1cnc(C=O)cc1OC1CC1. The summed E-state index contributed by atoms with van der Waals surface area (Å²) in [4.78, 5) is 14.6. The fourth-order valence-corrected chi connectivity index (χ4v) is 1.30. The van der Waals surface area contributed by atoms with Gasteiger partial charge in [0.2, 0.25) is 0 Å². The molecule has 4 nitrogen and oxygen atoms in total. The molecule has 16 heavy (non-hydrogen) atoms. The molecule has 0 amide bonds. The van der Waals surface area contributed by atoms with Gasteiger partial charge in [-0.3, -0.25) is 4.79 Å². The first-order chi connectivity index (χ1) is 7.69. The normalized spacial score (nSPS) is 14.9. The number of hydrogen-bond acceptors (Lipinski definition) is 4. The second kappa shape index (κ2) is 4.51. The summed E-state index contributed by atoms with van der Waals surface area (Å²) >= 11 is 0. The molecule has 0 spiro atoms. The molecule has 0 atom stereocenters. The molecule has 0 aliphatic heterocycles. The zero-order valence-electron chi connectivity index (χ0n) is 9.47. The molecular formula is C12H15NO3. The lowest BCUT2D eigenvalue weighted by Gasteiger charge is -2.14. The minimum Gasteiger partial charge on any atom is -0.486 e. The average molecular weight is 221 g/mol. The van der Waals surface area contributed by atoms with Crippen molar-refractivity contribution in [2.45, 2.75) is 38.9 Å². The maximum Gasteiger partial charge on any atom is 0.179 e. The minimum absolute atomic E-state index is 0.0606.